The number of halogens is 6. The Labute approximate surface area is 209 Å². The maximum atomic E-state index is 13.3. The van der Waals surface area contributed by atoms with Crippen molar-refractivity contribution in [2.75, 3.05) is 18.0 Å². The fourth-order valence-corrected chi connectivity index (χ4v) is 6.21. The molecule has 1 aromatic heterocycles. The van der Waals surface area contributed by atoms with E-state index in [1.807, 2.05) is 0 Å². The SMILES string of the molecule is CC(C)(C1CCN(c2nnc(-c3ccc(C(F)(F)F)cc3)o2)CC1)S(=O)(=O)c1cccc(C(F)(F)F)c1. The van der Waals surface area contributed by atoms with Crippen molar-refractivity contribution in [1.82, 2.24) is 10.2 Å². The van der Waals surface area contributed by atoms with Gasteiger partial charge in [-0.15, -0.1) is 5.10 Å². The molecule has 2 aromatic carbocycles. The number of rotatable bonds is 5. The third-order valence-corrected chi connectivity index (χ3v) is 9.38. The van der Waals surface area contributed by atoms with E-state index in [1.165, 1.54) is 32.0 Å². The predicted octanol–water partition coefficient (Wildman–Crippen LogP) is 6.24. The van der Waals surface area contributed by atoms with Crippen molar-refractivity contribution in [3.05, 3.63) is 59.7 Å². The first-order valence-corrected chi connectivity index (χ1v) is 12.8. The Balaban J connectivity index is 1.46. The molecule has 0 amide bonds. The third kappa shape index (κ3) is 5.32. The van der Waals surface area contributed by atoms with Crippen molar-refractivity contribution >= 4 is 15.9 Å². The quantitative estimate of drug-likeness (QED) is 0.352. The first kappa shape index (κ1) is 27.0. The summed E-state index contributed by atoms with van der Waals surface area (Å²) in [6, 6.07) is 8.17. The van der Waals surface area contributed by atoms with Crippen molar-refractivity contribution in [2.24, 2.45) is 5.92 Å². The van der Waals surface area contributed by atoms with E-state index >= 15 is 0 Å². The average Bonchev–Trinajstić information content (AvgIpc) is 3.33. The number of anilines is 1. The summed E-state index contributed by atoms with van der Waals surface area (Å²) < 4.78 is 109. The van der Waals surface area contributed by atoms with Crippen LogP contribution in [0.5, 0.6) is 0 Å². The lowest BCUT2D eigenvalue weighted by atomic mass is 9.86. The summed E-state index contributed by atoms with van der Waals surface area (Å²) >= 11 is 0. The van der Waals surface area contributed by atoms with Crippen molar-refractivity contribution in [3.8, 4) is 11.5 Å². The van der Waals surface area contributed by atoms with Gasteiger partial charge in [-0.3, -0.25) is 0 Å². The Hall–Kier alpha value is -3.09. The van der Waals surface area contributed by atoms with E-state index in [0.717, 1.165) is 24.3 Å². The molecule has 0 unspecified atom stereocenters. The Morgan fingerprint density at radius 3 is 2.03 bits per heavy atom. The minimum Gasteiger partial charge on any atom is -0.403 e. The minimum atomic E-state index is -4.66. The van der Waals surface area contributed by atoms with Gasteiger partial charge in [0.25, 0.3) is 0 Å². The van der Waals surface area contributed by atoms with Gasteiger partial charge in [0, 0.05) is 18.7 Å². The van der Waals surface area contributed by atoms with Crippen molar-refractivity contribution < 1.29 is 39.2 Å². The molecular weight excluding hydrogens is 524 g/mol. The molecule has 0 aliphatic carbocycles. The fourth-order valence-electron chi connectivity index (χ4n) is 4.39. The molecule has 200 valence electrons. The predicted molar refractivity (Wildman–Crippen MR) is 122 cm³/mol. The maximum Gasteiger partial charge on any atom is 0.416 e. The van der Waals surface area contributed by atoms with E-state index in [1.54, 1.807) is 4.90 Å². The van der Waals surface area contributed by atoms with Crippen molar-refractivity contribution in [1.29, 1.82) is 0 Å². The van der Waals surface area contributed by atoms with Crippen molar-refractivity contribution in [3.63, 3.8) is 0 Å². The maximum absolute atomic E-state index is 13.3. The van der Waals surface area contributed by atoms with Gasteiger partial charge < -0.3 is 9.32 Å². The molecule has 1 fully saturated rings. The molecule has 4 rings (SSSR count). The van der Waals surface area contributed by atoms with E-state index in [0.29, 0.717) is 37.6 Å². The molecule has 0 saturated carbocycles. The molecule has 0 atom stereocenters. The van der Waals surface area contributed by atoms with Gasteiger partial charge in [-0.1, -0.05) is 11.2 Å². The van der Waals surface area contributed by atoms with Crippen LogP contribution >= 0.6 is 0 Å². The highest BCUT2D eigenvalue weighted by molar-refractivity contribution is 7.92. The first-order chi connectivity index (χ1) is 17.1. The number of hydrogen-bond donors (Lipinski definition) is 0. The van der Waals surface area contributed by atoms with Crippen LogP contribution < -0.4 is 4.90 Å². The first-order valence-electron chi connectivity index (χ1n) is 11.3. The van der Waals surface area contributed by atoms with E-state index in [4.69, 9.17) is 4.42 Å². The van der Waals surface area contributed by atoms with Crippen LogP contribution in [-0.2, 0) is 22.2 Å². The minimum absolute atomic E-state index is 0.0401. The summed E-state index contributed by atoms with van der Waals surface area (Å²) in [5.74, 6) is -0.320. The van der Waals surface area contributed by atoms with E-state index in [-0.39, 0.29) is 22.7 Å². The molecule has 0 N–H and O–H groups in total. The molecule has 37 heavy (non-hydrogen) atoms. The van der Waals surface area contributed by atoms with Crippen LogP contribution in [0, 0.1) is 5.92 Å². The van der Waals surface area contributed by atoms with Gasteiger partial charge in [0.2, 0.25) is 5.89 Å². The lowest BCUT2D eigenvalue weighted by Gasteiger charge is -2.39. The van der Waals surface area contributed by atoms with E-state index < -0.39 is 38.1 Å². The van der Waals surface area contributed by atoms with Gasteiger partial charge in [-0.25, -0.2) is 8.42 Å². The standard InChI is InChI=1S/C24H23F6N3O3S/c1-22(2,37(34,35)19-5-3-4-18(14-19)24(28,29)30)16-10-12-33(13-11-16)21-32-31-20(36-21)15-6-8-17(9-7-15)23(25,26)27/h3-9,14,16H,10-13H2,1-2H3. The summed E-state index contributed by atoms with van der Waals surface area (Å²) in [4.78, 5) is 1.36. The Bertz CT molecular complexity index is 1360. The number of piperidine rings is 1. The van der Waals surface area contributed by atoms with Gasteiger partial charge in [-0.2, -0.15) is 26.3 Å². The van der Waals surface area contributed by atoms with Gasteiger partial charge >= 0.3 is 18.4 Å². The Kier molecular flexibility index (Phi) is 6.80. The number of hydrogen-bond acceptors (Lipinski definition) is 6. The third-order valence-electron chi connectivity index (χ3n) is 6.79. The highest BCUT2D eigenvalue weighted by Crippen LogP contribution is 2.40. The molecule has 6 nitrogen and oxygen atoms in total. The Morgan fingerprint density at radius 1 is 0.865 bits per heavy atom. The van der Waals surface area contributed by atoms with Gasteiger partial charge in [-0.05, 0) is 75.1 Å². The molecule has 2 heterocycles. The molecule has 1 aliphatic heterocycles. The molecule has 0 bridgehead atoms. The summed E-state index contributed by atoms with van der Waals surface area (Å²) in [6.07, 6.45) is -8.35. The summed E-state index contributed by atoms with van der Waals surface area (Å²) in [7, 11) is -4.10. The van der Waals surface area contributed by atoms with Crippen molar-refractivity contribution in [2.45, 2.75) is 48.7 Å². The van der Waals surface area contributed by atoms with Gasteiger partial charge in [0.15, 0.2) is 9.84 Å². The fraction of sp³-hybridized carbons (Fsp3) is 0.417. The smallest absolute Gasteiger partial charge is 0.403 e. The highest BCUT2D eigenvalue weighted by atomic mass is 32.2. The summed E-state index contributed by atoms with van der Waals surface area (Å²) in [5.41, 5.74) is -1.52. The lowest BCUT2D eigenvalue weighted by Crippen LogP contribution is -2.46. The number of nitrogens with zero attached hydrogens (tertiary/aromatic N) is 3. The summed E-state index contributed by atoms with van der Waals surface area (Å²) in [6.45, 7) is 3.72. The second-order valence-electron chi connectivity index (χ2n) is 9.36. The number of aromatic nitrogens is 2. The van der Waals surface area contributed by atoms with Crippen LogP contribution in [0.1, 0.15) is 37.8 Å². The zero-order valence-corrected chi connectivity index (χ0v) is 20.6. The summed E-state index contributed by atoms with van der Waals surface area (Å²) in [5, 5.41) is 7.87. The van der Waals surface area contributed by atoms with Crippen LogP contribution in [0.3, 0.4) is 0 Å². The van der Waals surface area contributed by atoms with Gasteiger partial charge in [0.05, 0.1) is 20.8 Å². The molecular formula is C24H23F6N3O3S. The number of benzene rings is 2. The molecule has 13 heteroatoms. The second-order valence-corrected chi connectivity index (χ2v) is 11.9. The van der Waals surface area contributed by atoms with E-state index in [9.17, 15) is 34.8 Å². The normalized spacial score (nSPS) is 16.3. The number of sulfone groups is 1. The topological polar surface area (TPSA) is 76.3 Å². The molecule has 0 radical (unpaired) electrons. The molecule has 1 saturated heterocycles. The molecule has 0 spiro atoms. The average molecular weight is 548 g/mol. The van der Waals surface area contributed by atoms with Crippen LogP contribution in [0.4, 0.5) is 32.4 Å². The zero-order valence-electron chi connectivity index (χ0n) is 19.8. The van der Waals surface area contributed by atoms with Crippen LogP contribution in [0.25, 0.3) is 11.5 Å². The molecule has 1 aliphatic rings. The van der Waals surface area contributed by atoms with Crippen LogP contribution in [0.2, 0.25) is 0 Å². The van der Waals surface area contributed by atoms with Crippen LogP contribution in [-0.4, -0.2) is 36.5 Å². The monoisotopic (exact) mass is 547 g/mol. The largest absolute Gasteiger partial charge is 0.416 e. The highest BCUT2D eigenvalue weighted by Gasteiger charge is 2.45. The van der Waals surface area contributed by atoms with E-state index in [2.05, 4.69) is 10.2 Å². The Morgan fingerprint density at radius 2 is 1.46 bits per heavy atom. The van der Waals surface area contributed by atoms with Crippen LogP contribution in [0.15, 0.2) is 57.8 Å². The number of alkyl halides is 6. The second kappa shape index (κ2) is 9.34. The van der Waals surface area contributed by atoms with Gasteiger partial charge in [0.1, 0.15) is 0 Å². The lowest BCUT2D eigenvalue weighted by molar-refractivity contribution is -0.138. The zero-order chi connectivity index (χ0) is 27.2. The molecule has 3 aromatic rings.